The van der Waals surface area contributed by atoms with E-state index in [0.717, 1.165) is 28.6 Å². The molecule has 0 bridgehead atoms. The molecule has 0 aliphatic rings. The molecule has 0 fully saturated rings. The molecule has 1 heterocycles. The SMILES string of the molecule is CC[C@H](C)NC(=O)c1cc(-c2ccc(C)c(C)c2)nc2ccccc12. The first-order chi connectivity index (χ1) is 12.0. The highest BCUT2D eigenvalue weighted by Gasteiger charge is 2.15. The van der Waals surface area contributed by atoms with Crippen LogP contribution in [0.1, 0.15) is 41.8 Å². The minimum absolute atomic E-state index is 0.0435. The summed E-state index contributed by atoms with van der Waals surface area (Å²) in [6.07, 6.45) is 0.902. The number of carbonyl (C=O) groups is 1. The molecule has 3 nitrogen and oxygen atoms in total. The number of amides is 1. The highest BCUT2D eigenvalue weighted by Crippen LogP contribution is 2.26. The van der Waals surface area contributed by atoms with Gasteiger partial charge in [-0.3, -0.25) is 4.79 Å². The summed E-state index contributed by atoms with van der Waals surface area (Å²) in [5, 5.41) is 3.96. The first-order valence-corrected chi connectivity index (χ1v) is 8.78. The Kier molecular flexibility index (Phi) is 4.84. The van der Waals surface area contributed by atoms with Gasteiger partial charge in [-0.05, 0) is 56.5 Å². The van der Waals surface area contributed by atoms with Gasteiger partial charge in [-0.2, -0.15) is 0 Å². The van der Waals surface area contributed by atoms with Gasteiger partial charge in [0, 0.05) is 17.0 Å². The van der Waals surface area contributed by atoms with E-state index in [1.807, 2.05) is 37.3 Å². The van der Waals surface area contributed by atoms with Gasteiger partial charge in [0.15, 0.2) is 0 Å². The van der Waals surface area contributed by atoms with Crippen molar-refractivity contribution in [3.05, 3.63) is 65.2 Å². The fourth-order valence-corrected chi connectivity index (χ4v) is 2.82. The van der Waals surface area contributed by atoms with E-state index in [-0.39, 0.29) is 11.9 Å². The Labute approximate surface area is 149 Å². The van der Waals surface area contributed by atoms with E-state index in [1.54, 1.807) is 0 Å². The fraction of sp³-hybridized carbons (Fsp3) is 0.273. The van der Waals surface area contributed by atoms with Crippen molar-refractivity contribution in [2.45, 2.75) is 40.2 Å². The third-order valence-corrected chi connectivity index (χ3v) is 4.75. The molecule has 3 heteroatoms. The lowest BCUT2D eigenvalue weighted by atomic mass is 10.0. The van der Waals surface area contributed by atoms with Crippen LogP contribution in [0.2, 0.25) is 0 Å². The van der Waals surface area contributed by atoms with Crippen LogP contribution in [0, 0.1) is 13.8 Å². The lowest BCUT2D eigenvalue weighted by Gasteiger charge is -2.14. The van der Waals surface area contributed by atoms with Crippen LogP contribution >= 0.6 is 0 Å². The number of benzene rings is 2. The second-order valence-corrected chi connectivity index (χ2v) is 6.65. The lowest BCUT2D eigenvalue weighted by Crippen LogP contribution is -2.32. The van der Waals surface area contributed by atoms with E-state index >= 15 is 0 Å². The zero-order valence-electron chi connectivity index (χ0n) is 15.3. The van der Waals surface area contributed by atoms with Crippen LogP contribution in [0.25, 0.3) is 22.2 Å². The van der Waals surface area contributed by atoms with Crippen LogP contribution in [-0.4, -0.2) is 16.9 Å². The molecule has 1 aromatic heterocycles. The van der Waals surface area contributed by atoms with E-state index in [1.165, 1.54) is 11.1 Å². The van der Waals surface area contributed by atoms with Gasteiger partial charge in [-0.15, -0.1) is 0 Å². The standard InChI is InChI=1S/C22H24N2O/c1-5-16(4)23-22(25)19-13-21(17-11-10-14(2)15(3)12-17)24-20-9-7-6-8-18(19)20/h6-13,16H,5H2,1-4H3,(H,23,25)/t16-/m0/s1. The summed E-state index contributed by atoms with van der Waals surface area (Å²) >= 11 is 0. The number of para-hydroxylation sites is 1. The summed E-state index contributed by atoms with van der Waals surface area (Å²) in [5.74, 6) is -0.0435. The normalized spacial score (nSPS) is 12.2. The van der Waals surface area contributed by atoms with E-state index in [2.05, 4.69) is 44.3 Å². The molecule has 128 valence electrons. The van der Waals surface area contributed by atoms with Crippen LogP contribution in [0.5, 0.6) is 0 Å². The van der Waals surface area contributed by atoms with Gasteiger partial charge in [0.25, 0.3) is 5.91 Å². The number of hydrogen-bond acceptors (Lipinski definition) is 2. The maximum atomic E-state index is 12.8. The van der Waals surface area contributed by atoms with Gasteiger partial charge in [-0.1, -0.05) is 37.3 Å². The Balaban J connectivity index is 2.15. The van der Waals surface area contributed by atoms with Crippen molar-refractivity contribution in [2.24, 2.45) is 0 Å². The summed E-state index contributed by atoms with van der Waals surface area (Å²) in [7, 11) is 0. The highest BCUT2D eigenvalue weighted by atomic mass is 16.1. The van der Waals surface area contributed by atoms with Crippen molar-refractivity contribution in [2.75, 3.05) is 0 Å². The van der Waals surface area contributed by atoms with E-state index in [9.17, 15) is 4.79 Å². The highest BCUT2D eigenvalue weighted by molar-refractivity contribution is 6.07. The van der Waals surface area contributed by atoms with Crippen molar-refractivity contribution >= 4 is 16.8 Å². The van der Waals surface area contributed by atoms with Crippen LogP contribution in [-0.2, 0) is 0 Å². The summed E-state index contributed by atoms with van der Waals surface area (Å²) in [5.41, 5.74) is 5.85. The molecule has 0 saturated carbocycles. The quantitative estimate of drug-likeness (QED) is 0.726. The number of nitrogens with one attached hydrogen (secondary N) is 1. The maximum absolute atomic E-state index is 12.8. The average molecular weight is 332 g/mol. The molecule has 25 heavy (non-hydrogen) atoms. The molecule has 2 aromatic carbocycles. The number of fused-ring (bicyclic) bond motifs is 1. The maximum Gasteiger partial charge on any atom is 0.252 e. The van der Waals surface area contributed by atoms with Gasteiger partial charge in [0.05, 0.1) is 16.8 Å². The molecule has 1 atom stereocenters. The molecule has 0 radical (unpaired) electrons. The zero-order chi connectivity index (χ0) is 18.0. The first kappa shape index (κ1) is 17.2. The summed E-state index contributed by atoms with van der Waals surface area (Å²) in [4.78, 5) is 17.6. The predicted octanol–water partition coefficient (Wildman–Crippen LogP) is 5.05. The Morgan fingerprint density at radius 3 is 2.56 bits per heavy atom. The Bertz CT molecular complexity index is 930. The minimum atomic E-state index is -0.0435. The Morgan fingerprint density at radius 1 is 1.08 bits per heavy atom. The number of rotatable bonds is 4. The average Bonchev–Trinajstić information content (AvgIpc) is 2.62. The van der Waals surface area contributed by atoms with Crippen LogP contribution in [0.4, 0.5) is 0 Å². The third-order valence-electron chi connectivity index (χ3n) is 4.75. The largest absolute Gasteiger partial charge is 0.350 e. The number of aryl methyl sites for hydroxylation is 2. The van der Waals surface area contributed by atoms with Crippen molar-refractivity contribution in [3.8, 4) is 11.3 Å². The smallest absolute Gasteiger partial charge is 0.252 e. The van der Waals surface area contributed by atoms with Crippen molar-refractivity contribution in [1.82, 2.24) is 10.3 Å². The van der Waals surface area contributed by atoms with Gasteiger partial charge >= 0.3 is 0 Å². The van der Waals surface area contributed by atoms with E-state index in [4.69, 9.17) is 4.98 Å². The second-order valence-electron chi connectivity index (χ2n) is 6.65. The molecule has 0 aliphatic carbocycles. The van der Waals surface area contributed by atoms with E-state index in [0.29, 0.717) is 5.56 Å². The Hall–Kier alpha value is -2.68. The number of carbonyl (C=O) groups excluding carboxylic acids is 1. The van der Waals surface area contributed by atoms with Crippen molar-refractivity contribution < 1.29 is 4.79 Å². The van der Waals surface area contributed by atoms with E-state index < -0.39 is 0 Å². The first-order valence-electron chi connectivity index (χ1n) is 8.78. The Morgan fingerprint density at radius 2 is 1.84 bits per heavy atom. The molecular formula is C22H24N2O. The third kappa shape index (κ3) is 3.55. The number of aromatic nitrogens is 1. The predicted molar refractivity (Wildman–Crippen MR) is 104 cm³/mol. The molecule has 0 spiro atoms. The summed E-state index contributed by atoms with van der Waals surface area (Å²) in [6, 6.07) is 16.2. The van der Waals surface area contributed by atoms with Gasteiger partial charge in [0.1, 0.15) is 0 Å². The molecule has 0 aliphatic heterocycles. The number of hydrogen-bond donors (Lipinski definition) is 1. The molecule has 1 N–H and O–H groups in total. The summed E-state index contributed by atoms with van der Waals surface area (Å²) < 4.78 is 0. The molecular weight excluding hydrogens is 308 g/mol. The molecule has 0 saturated heterocycles. The molecule has 0 unspecified atom stereocenters. The van der Waals surface area contributed by atoms with Crippen LogP contribution in [0.15, 0.2) is 48.5 Å². The zero-order valence-corrected chi connectivity index (χ0v) is 15.3. The van der Waals surface area contributed by atoms with Crippen molar-refractivity contribution in [3.63, 3.8) is 0 Å². The van der Waals surface area contributed by atoms with Crippen molar-refractivity contribution in [1.29, 1.82) is 0 Å². The fourth-order valence-electron chi connectivity index (χ4n) is 2.82. The number of nitrogens with zero attached hydrogens (tertiary/aromatic N) is 1. The van der Waals surface area contributed by atoms with Gasteiger partial charge in [-0.25, -0.2) is 4.98 Å². The summed E-state index contributed by atoms with van der Waals surface area (Å²) in [6.45, 7) is 8.27. The molecule has 1 amide bonds. The van der Waals surface area contributed by atoms with Gasteiger partial charge < -0.3 is 5.32 Å². The lowest BCUT2D eigenvalue weighted by molar-refractivity contribution is 0.0941. The molecule has 3 rings (SSSR count). The minimum Gasteiger partial charge on any atom is -0.350 e. The monoisotopic (exact) mass is 332 g/mol. The number of pyridine rings is 1. The van der Waals surface area contributed by atoms with Gasteiger partial charge in [0.2, 0.25) is 0 Å². The second kappa shape index (κ2) is 7.06. The molecule has 3 aromatic rings. The topological polar surface area (TPSA) is 42.0 Å². The van der Waals surface area contributed by atoms with Crippen LogP contribution < -0.4 is 5.32 Å². The van der Waals surface area contributed by atoms with Crippen LogP contribution in [0.3, 0.4) is 0 Å².